The minimum Gasteiger partial charge on any atom is -0.264 e. The van der Waals surface area contributed by atoms with Gasteiger partial charge in [-0.05, 0) is 107 Å². The molecule has 3 heteroatoms. The van der Waals surface area contributed by atoms with E-state index in [1.54, 1.807) is 6.20 Å². The van der Waals surface area contributed by atoms with Crippen LogP contribution in [0.1, 0.15) is 0 Å². The van der Waals surface area contributed by atoms with E-state index in [1.807, 2.05) is 12.3 Å². The van der Waals surface area contributed by atoms with Crippen LogP contribution in [0.25, 0.3) is 122 Å². The maximum absolute atomic E-state index is 5.24. The summed E-state index contributed by atoms with van der Waals surface area (Å²) in [6.07, 6.45) is 3.69. The monoisotopic (exact) mass is 761 g/mol. The zero-order valence-corrected chi connectivity index (χ0v) is 32.5. The first-order valence-electron chi connectivity index (χ1n) is 20.4. The van der Waals surface area contributed by atoms with Crippen LogP contribution in [0.15, 0.2) is 213 Å². The van der Waals surface area contributed by atoms with Crippen molar-refractivity contribution in [2.45, 2.75) is 0 Å². The van der Waals surface area contributed by atoms with Crippen molar-refractivity contribution >= 4 is 32.3 Å². The molecule has 0 saturated heterocycles. The van der Waals surface area contributed by atoms with Crippen LogP contribution in [0.2, 0.25) is 0 Å². The van der Waals surface area contributed by atoms with Crippen LogP contribution >= 0.6 is 0 Å². The van der Waals surface area contributed by atoms with E-state index in [2.05, 4.69) is 199 Å². The number of rotatable bonds is 6. The standard InChI is InChI=1S/C57H35N3/c1-2-14-44-41(10-1)33-53(49-18-6-3-15-46(44)49)37-23-27-39(28-24-37)55-34-54(59-57(60-55)42-12-7-11-40(32-42)43-13-9-31-58-35-43)38-25-21-36(22-26-38)45-29-30-52-48-17-5-4-16-47(48)51-20-8-19-50(45)56(51)52/h1-35H. The SMILES string of the molecule is c1cncc(-c2cccc(-c3nc(-c4ccc(-c5ccc6c7c(cccc57)-c5ccccc5-6)cc4)cc(-c4ccc(-c5cc6ccccc6c6ccccc56)cc4)n3)c2)c1. The van der Waals surface area contributed by atoms with Crippen LogP contribution < -0.4 is 0 Å². The number of hydrogen-bond donors (Lipinski definition) is 0. The smallest absolute Gasteiger partial charge is 0.160 e. The molecule has 0 fully saturated rings. The van der Waals surface area contributed by atoms with E-state index < -0.39 is 0 Å². The normalized spacial score (nSPS) is 11.7. The molecule has 0 bridgehead atoms. The molecule has 0 amide bonds. The molecule has 2 aromatic heterocycles. The molecule has 0 radical (unpaired) electrons. The molecule has 0 N–H and O–H groups in total. The summed E-state index contributed by atoms with van der Waals surface area (Å²) < 4.78 is 0. The second-order valence-electron chi connectivity index (χ2n) is 15.6. The van der Waals surface area contributed by atoms with Gasteiger partial charge in [-0.2, -0.15) is 0 Å². The molecular formula is C57H35N3. The van der Waals surface area contributed by atoms with Gasteiger partial charge in [0, 0.05) is 34.6 Å². The average Bonchev–Trinajstić information content (AvgIpc) is 3.66. The lowest BCUT2D eigenvalue weighted by Gasteiger charge is -2.13. The third-order valence-electron chi connectivity index (χ3n) is 12.1. The summed E-state index contributed by atoms with van der Waals surface area (Å²) in [7, 11) is 0. The highest BCUT2D eigenvalue weighted by Crippen LogP contribution is 2.49. The lowest BCUT2D eigenvalue weighted by molar-refractivity contribution is 1.18. The van der Waals surface area contributed by atoms with Crippen molar-refractivity contribution in [1.29, 1.82) is 0 Å². The van der Waals surface area contributed by atoms with Gasteiger partial charge in [0.05, 0.1) is 11.4 Å². The van der Waals surface area contributed by atoms with E-state index in [9.17, 15) is 0 Å². The van der Waals surface area contributed by atoms with Crippen molar-refractivity contribution in [3.63, 3.8) is 0 Å². The van der Waals surface area contributed by atoms with E-state index >= 15 is 0 Å². The molecule has 3 nitrogen and oxygen atoms in total. The summed E-state index contributed by atoms with van der Waals surface area (Å²) in [5.41, 5.74) is 16.9. The lowest BCUT2D eigenvalue weighted by atomic mass is 9.92. The van der Waals surface area contributed by atoms with Gasteiger partial charge in [0.1, 0.15) is 0 Å². The van der Waals surface area contributed by atoms with Gasteiger partial charge in [0.15, 0.2) is 5.82 Å². The molecule has 9 aromatic carbocycles. The molecule has 0 aliphatic heterocycles. The average molecular weight is 762 g/mol. The Hall–Kier alpha value is -8.01. The third-order valence-corrected chi connectivity index (χ3v) is 12.1. The molecule has 60 heavy (non-hydrogen) atoms. The Kier molecular flexibility index (Phi) is 7.85. The first-order chi connectivity index (χ1) is 29.7. The molecule has 0 saturated carbocycles. The predicted molar refractivity (Wildman–Crippen MR) is 249 cm³/mol. The molecule has 2 heterocycles. The highest BCUT2D eigenvalue weighted by Gasteiger charge is 2.22. The highest BCUT2D eigenvalue weighted by molar-refractivity contribution is 6.19. The van der Waals surface area contributed by atoms with Crippen molar-refractivity contribution in [2.75, 3.05) is 0 Å². The molecule has 0 spiro atoms. The maximum atomic E-state index is 5.24. The third kappa shape index (κ3) is 5.63. The molecule has 11 aromatic rings. The number of nitrogens with zero attached hydrogens (tertiary/aromatic N) is 3. The van der Waals surface area contributed by atoms with Crippen LogP contribution in [0.3, 0.4) is 0 Å². The van der Waals surface area contributed by atoms with Crippen molar-refractivity contribution in [2.24, 2.45) is 0 Å². The van der Waals surface area contributed by atoms with Crippen LogP contribution in [0, 0.1) is 0 Å². The fourth-order valence-electron chi connectivity index (χ4n) is 9.24. The summed E-state index contributed by atoms with van der Waals surface area (Å²) >= 11 is 0. The fraction of sp³-hybridized carbons (Fsp3) is 0. The summed E-state index contributed by atoms with van der Waals surface area (Å²) in [4.78, 5) is 14.8. The Bertz CT molecular complexity index is 3430. The van der Waals surface area contributed by atoms with Crippen LogP contribution in [-0.4, -0.2) is 15.0 Å². The van der Waals surface area contributed by atoms with Crippen molar-refractivity contribution in [3.05, 3.63) is 213 Å². The molecule has 1 aliphatic carbocycles. The number of hydrogen-bond acceptors (Lipinski definition) is 3. The topological polar surface area (TPSA) is 38.7 Å². The predicted octanol–water partition coefficient (Wildman–Crippen LogP) is 15.0. The van der Waals surface area contributed by atoms with Gasteiger partial charge in [0.25, 0.3) is 0 Å². The molecule has 0 atom stereocenters. The second kappa shape index (κ2) is 13.8. The Morgan fingerprint density at radius 1 is 0.283 bits per heavy atom. The van der Waals surface area contributed by atoms with E-state index in [1.165, 1.54) is 76.8 Å². The van der Waals surface area contributed by atoms with E-state index in [4.69, 9.17) is 9.97 Å². The van der Waals surface area contributed by atoms with Gasteiger partial charge < -0.3 is 0 Å². The Balaban J connectivity index is 0.958. The van der Waals surface area contributed by atoms with Crippen LogP contribution in [0.5, 0.6) is 0 Å². The van der Waals surface area contributed by atoms with Crippen molar-refractivity contribution in [3.8, 4) is 89.5 Å². The largest absolute Gasteiger partial charge is 0.264 e. The molecule has 0 unspecified atom stereocenters. The maximum Gasteiger partial charge on any atom is 0.160 e. The van der Waals surface area contributed by atoms with E-state index in [-0.39, 0.29) is 0 Å². The van der Waals surface area contributed by atoms with E-state index in [0.29, 0.717) is 5.82 Å². The summed E-state index contributed by atoms with van der Waals surface area (Å²) in [5, 5.41) is 7.62. The Morgan fingerprint density at radius 2 is 0.833 bits per heavy atom. The first kappa shape index (κ1) is 34.1. The Morgan fingerprint density at radius 3 is 1.57 bits per heavy atom. The fourth-order valence-corrected chi connectivity index (χ4v) is 9.24. The van der Waals surface area contributed by atoms with Gasteiger partial charge in [-0.15, -0.1) is 0 Å². The summed E-state index contributed by atoms with van der Waals surface area (Å²) in [5.74, 6) is 0.675. The van der Waals surface area contributed by atoms with Crippen LogP contribution in [-0.2, 0) is 0 Å². The lowest BCUT2D eigenvalue weighted by Crippen LogP contribution is -1.96. The van der Waals surface area contributed by atoms with Crippen molar-refractivity contribution in [1.82, 2.24) is 15.0 Å². The van der Waals surface area contributed by atoms with Gasteiger partial charge >= 0.3 is 0 Å². The van der Waals surface area contributed by atoms with Gasteiger partial charge in [0.2, 0.25) is 0 Å². The second-order valence-corrected chi connectivity index (χ2v) is 15.6. The quantitative estimate of drug-likeness (QED) is 0.158. The summed E-state index contributed by atoms with van der Waals surface area (Å²) in [6, 6.07) is 71.9. The van der Waals surface area contributed by atoms with Gasteiger partial charge in [-0.3, -0.25) is 4.98 Å². The zero-order chi connectivity index (χ0) is 39.6. The van der Waals surface area contributed by atoms with E-state index in [0.717, 1.165) is 39.2 Å². The van der Waals surface area contributed by atoms with Gasteiger partial charge in [-0.25, -0.2) is 9.97 Å². The number of pyridine rings is 1. The highest BCUT2D eigenvalue weighted by atomic mass is 14.9. The van der Waals surface area contributed by atoms with Crippen molar-refractivity contribution < 1.29 is 0 Å². The van der Waals surface area contributed by atoms with Crippen LogP contribution in [0.4, 0.5) is 0 Å². The Labute approximate surface area is 348 Å². The molecule has 12 rings (SSSR count). The molecular weight excluding hydrogens is 727 g/mol. The van der Waals surface area contributed by atoms with Gasteiger partial charge in [-0.1, -0.05) is 176 Å². The molecule has 1 aliphatic rings. The number of benzene rings is 9. The summed E-state index contributed by atoms with van der Waals surface area (Å²) in [6.45, 7) is 0. The zero-order valence-electron chi connectivity index (χ0n) is 32.5. The molecule has 278 valence electrons. The number of aromatic nitrogens is 3. The number of fused-ring (bicyclic) bond motifs is 6. The minimum atomic E-state index is 0.675. The minimum absolute atomic E-state index is 0.675. The first-order valence-corrected chi connectivity index (χ1v) is 20.4.